The number of hydrogen-bond acceptors (Lipinski definition) is 3. The Morgan fingerprint density at radius 2 is 2.15 bits per heavy atom. The van der Waals surface area contributed by atoms with Crippen LogP contribution in [0.5, 0.6) is 0 Å². The molecule has 3 nitrogen and oxygen atoms in total. The van der Waals surface area contributed by atoms with Crippen LogP contribution in [0.15, 0.2) is 30.7 Å². The van der Waals surface area contributed by atoms with E-state index in [4.69, 9.17) is 0 Å². The molecule has 0 unspecified atom stereocenters. The summed E-state index contributed by atoms with van der Waals surface area (Å²) in [6, 6.07) is 3.54. The summed E-state index contributed by atoms with van der Waals surface area (Å²) in [5.41, 5.74) is 1.09. The molecule has 0 radical (unpaired) electrons. The minimum absolute atomic E-state index is 0.269. The number of pyridine rings is 1. The van der Waals surface area contributed by atoms with E-state index in [0.29, 0.717) is 12.6 Å². The predicted molar refractivity (Wildman–Crippen MR) is 72.9 cm³/mol. The summed E-state index contributed by atoms with van der Waals surface area (Å²) in [6.07, 6.45) is 4.36. The van der Waals surface area contributed by atoms with Crippen molar-refractivity contribution in [2.24, 2.45) is 5.41 Å². The summed E-state index contributed by atoms with van der Waals surface area (Å²) in [7, 11) is 0. The molecule has 0 aliphatic heterocycles. The van der Waals surface area contributed by atoms with Gasteiger partial charge in [0.1, 0.15) is 6.17 Å². The summed E-state index contributed by atoms with van der Waals surface area (Å²) >= 11 is 0. The highest BCUT2D eigenvalue weighted by Gasteiger charge is 2.53. The van der Waals surface area contributed by atoms with Gasteiger partial charge < -0.3 is 10.6 Å². The Balaban J connectivity index is 1.38. The number of aromatic nitrogens is 1. The van der Waals surface area contributed by atoms with Gasteiger partial charge in [-0.25, -0.2) is 9.37 Å². The Hall–Kier alpha value is -1.65. The van der Waals surface area contributed by atoms with Crippen molar-refractivity contribution in [3.05, 3.63) is 42.2 Å². The lowest BCUT2D eigenvalue weighted by atomic mass is 9.53. The molecule has 1 aromatic rings. The van der Waals surface area contributed by atoms with E-state index >= 15 is 0 Å². The highest BCUT2D eigenvalue weighted by atomic mass is 19.1. The zero-order valence-electron chi connectivity index (χ0n) is 11.3. The summed E-state index contributed by atoms with van der Waals surface area (Å²) in [5, 5.41) is 6.43. The summed E-state index contributed by atoms with van der Waals surface area (Å²) in [5.74, 6) is 0.257. The molecule has 3 rings (SSSR count). The third-order valence-electron chi connectivity index (χ3n) is 4.34. The van der Waals surface area contributed by atoms with E-state index in [-0.39, 0.29) is 5.41 Å². The number of nitrogens with zero attached hydrogens (tertiary/aromatic N) is 1. The summed E-state index contributed by atoms with van der Waals surface area (Å²) in [6.45, 7) is 4.42. The van der Waals surface area contributed by atoms with Gasteiger partial charge in [0, 0.05) is 18.8 Å². The molecule has 2 N–H and O–H groups in total. The molecule has 1 spiro atoms. The lowest BCUT2D eigenvalue weighted by Gasteiger charge is -2.55. The Bertz CT molecular complexity index is 504. The Morgan fingerprint density at radius 1 is 1.40 bits per heavy atom. The van der Waals surface area contributed by atoms with Crippen molar-refractivity contribution in [1.82, 2.24) is 15.6 Å². The van der Waals surface area contributed by atoms with Crippen LogP contribution in [0.3, 0.4) is 0 Å². The van der Waals surface area contributed by atoms with Crippen LogP contribution in [0, 0.1) is 11.4 Å². The highest BCUT2D eigenvalue weighted by molar-refractivity contribution is 5.13. The normalized spacial score (nSPS) is 31.3. The second kappa shape index (κ2) is 5.04. The van der Waals surface area contributed by atoms with Gasteiger partial charge in [-0.1, -0.05) is 6.58 Å². The molecule has 2 aliphatic rings. The second-order valence-corrected chi connectivity index (χ2v) is 6.07. The van der Waals surface area contributed by atoms with E-state index in [1.807, 2.05) is 0 Å². The van der Waals surface area contributed by atoms with Crippen molar-refractivity contribution < 1.29 is 8.78 Å². The van der Waals surface area contributed by atoms with Crippen molar-refractivity contribution in [2.75, 3.05) is 0 Å². The standard InChI is InChI=1S/C15H19F2N3/c1-10(19-9-11-2-3-18-14(17)4-11)20-13-7-15(8-13)5-12(16)6-15/h2-4,12-13,19-20H,1,5-9H2. The fraction of sp³-hybridized carbons (Fsp3) is 0.533. The summed E-state index contributed by atoms with van der Waals surface area (Å²) < 4.78 is 25.8. The average molecular weight is 279 g/mol. The number of nitrogens with one attached hydrogen (secondary N) is 2. The van der Waals surface area contributed by atoms with Crippen molar-refractivity contribution in [3.63, 3.8) is 0 Å². The molecule has 0 aromatic carbocycles. The van der Waals surface area contributed by atoms with E-state index in [0.717, 1.165) is 37.1 Å². The smallest absolute Gasteiger partial charge is 0.213 e. The average Bonchev–Trinajstić information content (AvgIpc) is 2.32. The van der Waals surface area contributed by atoms with E-state index in [2.05, 4.69) is 22.2 Å². The molecule has 2 fully saturated rings. The van der Waals surface area contributed by atoms with E-state index < -0.39 is 12.1 Å². The third kappa shape index (κ3) is 2.76. The minimum Gasteiger partial charge on any atom is -0.370 e. The zero-order valence-corrected chi connectivity index (χ0v) is 11.3. The van der Waals surface area contributed by atoms with Gasteiger partial charge in [0.2, 0.25) is 5.95 Å². The molecule has 0 amide bonds. The highest BCUT2D eigenvalue weighted by Crippen LogP contribution is 2.56. The van der Waals surface area contributed by atoms with Gasteiger partial charge in [0.05, 0.1) is 5.82 Å². The van der Waals surface area contributed by atoms with Crippen LogP contribution in [-0.4, -0.2) is 17.2 Å². The van der Waals surface area contributed by atoms with Crippen LogP contribution in [0.2, 0.25) is 0 Å². The molecule has 1 heterocycles. The molecular formula is C15H19F2N3. The Morgan fingerprint density at radius 3 is 2.80 bits per heavy atom. The SMILES string of the molecule is C=C(NCc1ccnc(F)c1)NC1CC2(CC(F)C2)C1. The van der Waals surface area contributed by atoms with Gasteiger partial charge in [-0.3, -0.25) is 0 Å². The maximum absolute atomic E-state index is 12.9. The topological polar surface area (TPSA) is 37.0 Å². The second-order valence-electron chi connectivity index (χ2n) is 6.07. The number of hydrogen-bond donors (Lipinski definition) is 2. The molecule has 0 atom stereocenters. The van der Waals surface area contributed by atoms with Crippen molar-refractivity contribution in [2.45, 2.75) is 44.4 Å². The zero-order chi connectivity index (χ0) is 14.2. The van der Waals surface area contributed by atoms with Crippen LogP contribution in [-0.2, 0) is 6.54 Å². The first-order valence-corrected chi connectivity index (χ1v) is 6.98. The first kappa shape index (κ1) is 13.3. The molecule has 20 heavy (non-hydrogen) atoms. The molecule has 0 bridgehead atoms. The first-order valence-electron chi connectivity index (χ1n) is 6.98. The lowest BCUT2D eigenvalue weighted by Crippen LogP contribution is -2.56. The fourth-order valence-electron chi connectivity index (χ4n) is 3.36. The van der Waals surface area contributed by atoms with Gasteiger partial charge in [-0.05, 0) is 48.8 Å². The number of halogens is 2. The van der Waals surface area contributed by atoms with Gasteiger partial charge in [-0.2, -0.15) is 4.39 Å². The first-order chi connectivity index (χ1) is 9.55. The predicted octanol–water partition coefficient (Wildman–Crippen LogP) is 2.65. The van der Waals surface area contributed by atoms with Gasteiger partial charge in [0.15, 0.2) is 0 Å². The van der Waals surface area contributed by atoms with Crippen molar-refractivity contribution in [1.29, 1.82) is 0 Å². The van der Waals surface area contributed by atoms with E-state index in [9.17, 15) is 8.78 Å². The quantitative estimate of drug-likeness (QED) is 0.814. The Labute approximate surface area is 117 Å². The lowest BCUT2D eigenvalue weighted by molar-refractivity contribution is -0.0600. The van der Waals surface area contributed by atoms with E-state index in [1.165, 1.54) is 12.3 Å². The molecule has 2 saturated carbocycles. The monoisotopic (exact) mass is 279 g/mol. The van der Waals surface area contributed by atoms with Crippen molar-refractivity contribution >= 4 is 0 Å². The van der Waals surface area contributed by atoms with Crippen LogP contribution in [0.25, 0.3) is 0 Å². The van der Waals surface area contributed by atoms with Gasteiger partial charge >= 0.3 is 0 Å². The molecule has 5 heteroatoms. The maximum atomic E-state index is 12.9. The molecular weight excluding hydrogens is 260 g/mol. The van der Waals surface area contributed by atoms with Crippen LogP contribution < -0.4 is 10.6 Å². The van der Waals surface area contributed by atoms with Crippen LogP contribution in [0.4, 0.5) is 8.78 Å². The molecule has 2 aliphatic carbocycles. The Kier molecular flexibility index (Phi) is 3.36. The molecule has 0 saturated heterocycles. The number of rotatable bonds is 5. The summed E-state index contributed by atoms with van der Waals surface area (Å²) in [4.78, 5) is 3.51. The molecule has 108 valence electrons. The van der Waals surface area contributed by atoms with Gasteiger partial charge in [-0.15, -0.1) is 0 Å². The van der Waals surface area contributed by atoms with Crippen molar-refractivity contribution in [3.8, 4) is 0 Å². The van der Waals surface area contributed by atoms with E-state index in [1.54, 1.807) is 6.07 Å². The third-order valence-corrected chi connectivity index (χ3v) is 4.34. The fourth-order valence-corrected chi connectivity index (χ4v) is 3.36. The minimum atomic E-state index is -0.584. The number of alkyl halides is 1. The maximum Gasteiger partial charge on any atom is 0.213 e. The van der Waals surface area contributed by atoms with Crippen LogP contribution in [0.1, 0.15) is 31.2 Å². The van der Waals surface area contributed by atoms with Crippen LogP contribution >= 0.6 is 0 Å². The largest absolute Gasteiger partial charge is 0.370 e. The molecule has 1 aromatic heterocycles. The van der Waals surface area contributed by atoms with Gasteiger partial charge in [0.25, 0.3) is 0 Å².